The minimum atomic E-state index is -0.322. The van der Waals surface area contributed by atoms with E-state index in [4.69, 9.17) is 11.6 Å². The summed E-state index contributed by atoms with van der Waals surface area (Å²) in [5.41, 5.74) is 2.94. The SMILES string of the molecule is CCC(C)c1ccccc1NC(=O)C(C)Sc1nnc(-c2cccc(Cl)c2)n1CC. The molecule has 1 N–H and O–H groups in total. The van der Waals surface area contributed by atoms with E-state index in [1.807, 2.05) is 60.9 Å². The molecule has 2 atom stereocenters. The number of aromatic nitrogens is 3. The average Bonchev–Trinajstić information content (AvgIpc) is 3.16. The minimum absolute atomic E-state index is 0.0503. The van der Waals surface area contributed by atoms with Gasteiger partial charge in [0.05, 0.1) is 5.25 Å². The maximum atomic E-state index is 12.9. The molecule has 2 aromatic carbocycles. The molecule has 0 aliphatic heterocycles. The second kappa shape index (κ2) is 10.1. The van der Waals surface area contributed by atoms with Crippen LogP contribution in [0.25, 0.3) is 11.4 Å². The molecule has 0 bridgehead atoms. The molecule has 0 saturated carbocycles. The fourth-order valence-corrected chi connectivity index (χ4v) is 4.31. The van der Waals surface area contributed by atoms with Gasteiger partial charge >= 0.3 is 0 Å². The molecule has 7 heteroatoms. The lowest BCUT2D eigenvalue weighted by molar-refractivity contribution is -0.115. The number of amides is 1. The van der Waals surface area contributed by atoms with E-state index in [0.29, 0.717) is 22.6 Å². The number of benzene rings is 2. The van der Waals surface area contributed by atoms with E-state index >= 15 is 0 Å². The highest BCUT2D eigenvalue weighted by Gasteiger charge is 2.21. The Bertz CT molecular complexity index is 1020. The van der Waals surface area contributed by atoms with Crippen LogP contribution < -0.4 is 5.32 Å². The molecular formula is C23H27ClN4OS. The zero-order valence-electron chi connectivity index (χ0n) is 17.7. The van der Waals surface area contributed by atoms with E-state index < -0.39 is 0 Å². The van der Waals surface area contributed by atoms with E-state index in [1.54, 1.807) is 0 Å². The molecule has 1 heterocycles. The van der Waals surface area contributed by atoms with E-state index in [0.717, 1.165) is 29.1 Å². The third-order valence-electron chi connectivity index (χ3n) is 5.13. The Labute approximate surface area is 187 Å². The van der Waals surface area contributed by atoms with Gasteiger partial charge in [0.1, 0.15) is 0 Å². The zero-order chi connectivity index (χ0) is 21.7. The number of para-hydroxylation sites is 1. The number of nitrogens with one attached hydrogen (secondary N) is 1. The summed E-state index contributed by atoms with van der Waals surface area (Å²) in [5.74, 6) is 1.08. The smallest absolute Gasteiger partial charge is 0.237 e. The highest BCUT2D eigenvalue weighted by Crippen LogP contribution is 2.30. The van der Waals surface area contributed by atoms with Gasteiger partial charge in [-0.15, -0.1) is 10.2 Å². The normalized spacial score (nSPS) is 13.1. The standard InChI is InChI=1S/C23H27ClN4OS/c1-5-15(3)19-12-7-8-13-20(19)25-22(29)16(4)30-23-27-26-21(28(23)6-2)17-10-9-11-18(24)14-17/h7-16H,5-6H2,1-4H3,(H,25,29). The summed E-state index contributed by atoms with van der Waals surface area (Å²) >= 11 is 7.54. The van der Waals surface area contributed by atoms with Gasteiger partial charge in [0.25, 0.3) is 0 Å². The number of carbonyl (C=O) groups excluding carboxylic acids is 1. The van der Waals surface area contributed by atoms with Crippen LogP contribution in [0.1, 0.15) is 45.6 Å². The number of rotatable bonds is 8. The summed E-state index contributed by atoms with van der Waals surface area (Å²) < 4.78 is 2.01. The molecule has 0 saturated heterocycles. The van der Waals surface area contributed by atoms with Crippen LogP contribution in [0.15, 0.2) is 53.7 Å². The van der Waals surface area contributed by atoms with Crippen molar-refractivity contribution in [3.63, 3.8) is 0 Å². The summed E-state index contributed by atoms with van der Waals surface area (Å²) in [6.45, 7) is 8.94. The van der Waals surface area contributed by atoms with E-state index in [9.17, 15) is 4.79 Å². The lowest BCUT2D eigenvalue weighted by Crippen LogP contribution is -2.23. The maximum absolute atomic E-state index is 12.9. The summed E-state index contributed by atoms with van der Waals surface area (Å²) in [6, 6.07) is 15.5. The van der Waals surface area contributed by atoms with Crippen molar-refractivity contribution in [1.29, 1.82) is 0 Å². The molecule has 5 nitrogen and oxygen atoms in total. The summed E-state index contributed by atoms with van der Waals surface area (Å²) in [4.78, 5) is 12.9. The minimum Gasteiger partial charge on any atom is -0.325 e. The van der Waals surface area contributed by atoms with Gasteiger partial charge in [-0.3, -0.25) is 4.79 Å². The van der Waals surface area contributed by atoms with Crippen LogP contribution in [0, 0.1) is 0 Å². The Hall–Kier alpha value is -2.31. The first kappa shape index (κ1) is 22.4. The van der Waals surface area contributed by atoms with Gasteiger partial charge in [-0.25, -0.2) is 0 Å². The van der Waals surface area contributed by atoms with Crippen molar-refractivity contribution in [1.82, 2.24) is 14.8 Å². The molecule has 0 aliphatic carbocycles. The van der Waals surface area contributed by atoms with Crippen LogP contribution in [0.2, 0.25) is 5.02 Å². The number of halogens is 1. The molecule has 2 unspecified atom stereocenters. The zero-order valence-corrected chi connectivity index (χ0v) is 19.3. The van der Waals surface area contributed by atoms with Crippen molar-refractivity contribution in [3.8, 4) is 11.4 Å². The first-order valence-corrected chi connectivity index (χ1v) is 11.5. The molecule has 0 radical (unpaired) electrons. The number of thioether (sulfide) groups is 1. The summed E-state index contributed by atoms with van der Waals surface area (Å²) in [5, 5.41) is 12.8. The molecule has 30 heavy (non-hydrogen) atoms. The fourth-order valence-electron chi connectivity index (χ4n) is 3.21. The first-order valence-electron chi connectivity index (χ1n) is 10.2. The molecule has 0 aliphatic rings. The highest BCUT2D eigenvalue weighted by atomic mass is 35.5. The van der Waals surface area contributed by atoms with Gasteiger partial charge in [-0.05, 0) is 49.9 Å². The number of carbonyl (C=O) groups is 1. The molecule has 158 valence electrons. The lowest BCUT2D eigenvalue weighted by atomic mass is 9.97. The molecule has 1 aromatic heterocycles. The predicted octanol–water partition coefficient (Wildman–Crippen LogP) is 6.25. The summed E-state index contributed by atoms with van der Waals surface area (Å²) in [6.07, 6.45) is 1.02. The van der Waals surface area contributed by atoms with Crippen molar-refractivity contribution < 1.29 is 4.79 Å². The second-order valence-electron chi connectivity index (χ2n) is 7.21. The van der Waals surface area contributed by atoms with Gasteiger partial charge in [0.2, 0.25) is 5.91 Å². The third kappa shape index (κ3) is 5.05. The van der Waals surface area contributed by atoms with Crippen LogP contribution in [-0.2, 0) is 11.3 Å². The molecule has 1 amide bonds. The van der Waals surface area contributed by atoms with E-state index in [1.165, 1.54) is 11.8 Å². The van der Waals surface area contributed by atoms with Crippen molar-refractivity contribution in [3.05, 3.63) is 59.1 Å². The molecule has 3 rings (SSSR count). The number of anilines is 1. The topological polar surface area (TPSA) is 59.8 Å². The Balaban J connectivity index is 1.77. The monoisotopic (exact) mass is 442 g/mol. The van der Waals surface area contributed by atoms with Gasteiger partial charge in [-0.1, -0.05) is 67.5 Å². The molecule has 0 spiro atoms. The maximum Gasteiger partial charge on any atom is 0.237 e. The van der Waals surface area contributed by atoms with Gasteiger partial charge in [0, 0.05) is 22.8 Å². The molecular weight excluding hydrogens is 416 g/mol. The van der Waals surface area contributed by atoms with Crippen LogP contribution in [0.4, 0.5) is 5.69 Å². The number of hydrogen-bond donors (Lipinski definition) is 1. The summed E-state index contributed by atoms with van der Waals surface area (Å²) in [7, 11) is 0. The van der Waals surface area contributed by atoms with Crippen molar-refractivity contribution in [2.24, 2.45) is 0 Å². The highest BCUT2D eigenvalue weighted by molar-refractivity contribution is 8.00. The Kier molecular flexibility index (Phi) is 7.56. The average molecular weight is 443 g/mol. The van der Waals surface area contributed by atoms with Crippen molar-refractivity contribution in [2.75, 3.05) is 5.32 Å². The van der Waals surface area contributed by atoms with Gasteiger partial charge in [-0.2, -0.15) is 0 Å². The van der Waals surface area contributed by atoms with Gasteiger partial charge < -0.3 is 9.88 Å². The van der Waals surface area contributed by atoms with Crippen LogP contribution in [-0.4, -0.2) is 25.9 Å². The second-order valence-corrected chi connectivity index (χ2v) is 8.95. The quantitative estimate of drug-likeness (QED) is 0.419. The predicted molar refractivity (Wildman–Crippen MR) is 125 cm³/mol. The Morgan fingerprint density at radius 2 is 1.90 bits per heavy atom. The van der Waals surface area contributed by atoms with Crippen molar-refractivity contribution >= 4 is 35.0 Å². The van der Waals surface area contributed by atoms with Crippen LogP contribution in [0.5, 0.6) is 0 Å². The van der Waals surface area contributed by atoms with Gasteiger partial charge in [0.15, 0.2) is 11.0 Å². The number of hydrogen-bond acceptors (Lipinski definition) is 4. The first-order chi connectivity index (χ1) is 14.4. The number of nitrogens with zero attached hydrogens (tertiary/aromatic N) is 3. The third-order valence-corrected chi connectivity index (χ3v) is 6.44. The van der Waals surface area contributed by atoms with E-state index in [-0.39, 0.29) is 11.2 Å². The Morgan fingerprint density at radius 3 is 2.60 bits per heavy atom. The lowest BCUT2D eigenvalue weighted by Gasteiger charge is -2.17. The molecule has 0 fully saturated rings. The van der Waals surface area contributed by atoms with Crippen LogP contribution >= 0.6 is 23.4 Å². The Morgan fingerprint density at radius 1 is 1.13 bits per heavy atom. The largest absolute Gasteiger partial charge is 0.325 e. The van der Waals surface area contributed by atoms with Crippen LogP contribution in [0.3, 0.4) is 0 Å². The van der Waals surface area contributed by atoms with Crippen molar-refractivity contribution in [2.45, 2.75) is 57.0 Å². The van der Waals surface area contributed by atoms with E-state index in [2.05, 4.69) is 35.4 Å². The fraction of sp³-hybridized carbons (Fsp3) is 0.348. The molecule has 3 aromatic rings.